The monoisotopic (exact) mass is 336 g/mol. The number of carbonyl (C=O) groups excluding carboxylic acids is 1. The first-order valence-corrected chi connectivity index (χ1v) is 8.53. The minimum atomic E-state index is -0.474. The highest BCUT2D eigenvalue weighted by Gasteiger charge is 2.54. The Bertz CT molecular complexity index is 582. The lowest BCUT2D eigenvalue weighted by atomic mass is 9.60. The molecule has 5 nitrogen and oxygen atoms in total. The molecule has 3 fully saturated rings. The molecule has 0 heterocycles. The summed E-state index contributed by atoms with van der Waals surface area (Å²) < 4.78 is 18.4. The quantitative estimate of drug-likeness (QED) is 0.692. The predicted molar refractivity (Wildman–Crippen MR) is 88.3 cm³/mol. The Labute approximate surface area is 141 Å². The van der Waals surface area contributed by atoms with Crippen LogP contribution in [0.5, 0.6) is 5.75 Å². The zero-order chi connectivity index (χ0) is 17.2. The number of nitrogens with one attached hydrogen (secondary N) is 2. The zero-order valence-electron chi connectivity index (χ0n) is 14.0. The van der Waals surface area contributed by atoms with Gasteiger partial charge in [-0.1, -0.05) is 0 Å². The fourth-order valence-corrected chi connectivity index (χ4v) is 4.12. The van der Waals surface area contributed by atoms with Crippen molar-refractivity contribution in [1.82, 2.24) is 10.6 Å². The fourth-order valence-electron chi connectivity index (χ4n) is 4.12. The molecule has 3 aliphatic carbocycles. The van der Waals surface area contributed by atoms with E-state index >= 15 is 0 Å². The van der Waals surface area contributed by atoms with Crippen molar-refractivity contribution in [1.29, 1.82) is 0 Å². The van der Waals surface area contributed by atoms with Crippen LogP contribution in [0.4, 0.5) is 4.39 Å². The van der Waals surface area contributed by atoms with E-state index in [0.717, 1.165) is 25.7 Å². The molecule has 1 aromatic carbocycles. The highest BCUT2D eigenvalue weighted by Crippen LogP contribution is 2.46. The van der Waals surface area contributed by atoms with E-state index < -0.39 is 6.10 Å². The number of hydrogen-bond donors (Lipinski definition) is 3. The summed E-state index contributed by atoms with van der Waals surface area (Å²) in [5.41, 5.74) is -0.522. The van der Waals surface area contributed by atoms with E-state index in [1.165, 1.54) is 19.1 Å². The van der Waals surface area contributed by atoms with Crippen LogP contribution in [0, 0.1) is 5.82 Å². The number of amides is 1. The van der Waals surface area contributed by atoms with Gasteiger partial charge in [-0.05, 0) is 56.4 Å². The van der Waals surface area contributed by atoms with Gasteiger partial charge in [0, 0.05) is 24.5 Å². The topological polar surface area (TPSA) is 70.6 Å². The van der Waals surface area contributed by atoms with Gasteiger partial charge in [-0.2, -0.15) is 0 Å². The molecule has 3 aliphatic rings. The largest absolute Gasteiger partial charge is 0.492 e. The van der Waals surface area contributed by atoms with Crippen molar-refractivity contribution >= 4 is 5.91 Å². The Morgan fingerprint density at radius 1 is 1.29 bits per heavy atom. The second-order valence-electron chi connectivity index (χ2n) is 7.07. The van der Waals surface area contributed by atoms with Crippen LogP contribution >= 0.6 is 0 Å². The number of aliphatic hydroxyl groups excluding tert-OH is 1. The summed E-state index contributed by atoms with van der Waals surface area (Å²) in [5, 5.41) is 17.1. The van der Waals surface area contributed by atoms with Crippen LogP contribution in [0.1, 0.15) is 39.0 Å². The third-order valence-electron chi connectivity index (χ3n) is 5.42. The molecule has 132 valence electrons. The molecule has 6 heteroatoms. The van der Waals surface area contributed by atoms with E-state index in [0.29, 0.717) is 25.3 Å². The van der Waals surface area contributed by atoms with Crippen molar-refractivity contribution in [2.75, 3.05) is 13.2 Å². The molecule has 0 aliphatic heterocycles. The van der Waals surface area contributed by atoms with E-state index in [1.807, 2.05) is 0 Å². The third-order valence-corrected chi connectivity index (χ3v) is 5.42. The van der Waals surface area contributed by atoms with Crippen LogP contribution in [-0.4, -0.2) is 41.3 Å². The Kier molecular flexibility index (Phi) is 4.78. The summed E-state index contributed by atoms with van der Waals surface area (Å²) >= 11 is 0. The summed E-state index contributed by atoms with van der Waals surface area (Å²) in [6.45, 7) is 2.60. The maximum atomic E-state index is 12.8. The molecular formula is C18H25FN2O3. The van der Waals surface area contributed by atoms with Gasteiger partial charge in [-0.3, -0.25) is 4.79 Å². The van der Waals surface area contributed by atoms with Crippen molar-refractivity contribution in [2.24, 2.45) is 0 Å². The minimum absolute atomic E-state index is 0.0303. The normalized spacial score (nSPS) is 31.7. The van der Waals surface area contributed by atoms with Crippen molar-refractivity contribution in [3.63, 3.8) is 0 Å². The lowest BCUT2D eigenvalue weighted by molar-refractivity contribution is -0.125. The van der Waals surface area contributed by atoms with Crippen molar-refractivity contribution in [3.05, 3.63) is 30.1 Å². The number of rotatable bonds is 6. The van der Waals surface area contributed by atoms with Gasteiger partial charge in [0.2, 0.25) is 5.91 Å². The second kappa shape index (κ2) is 6.69. The molecule has 0 aromatic heterocycles. The van der Waals surface area contributed by atoms with Gasteiger partial charge in [0.1, 0.15) is 18.2 Å². The smallest absolute Gasteiger partial charge is 0.217 e. The number of halogens is 1. The first-order chi connectivity index (χ1) is 11.4. The molecule has 4 rings (SSSR count). The van der Waals surface area contributed by atoms with Gasteiger partial charge in [-0.25, -0.2) is 4.39 Å². The number of ether oxygens (including phenoxy) is 1. The predicted octanol–water partition coefficient (Wildman–Crippen LogP) is 1.75. The molecule has 1 amide bonds. The Hall–Kier alpha value is -1.66. The zero-order valence-corrected chi connectivity index (χ0v) is 14.0. The molecule has 1 unspecified atom stereocenters. The maximum absolute atomic E-state index is 12.8. The fraction of sp³-hybridized carbons (Fsp3) is 0.611. The van der Waals surface area contributed by atoms with Crippen LogP contribution in [0.2, 0.25) is 0 Å². The highest BCUT2D eigenvalue weighted by molar-refractivity contribution is 5.74. The van der Waals surface area contributed by atoms with Gasteiger partial charge in [0.05, 0.1) is 6.10 Å². The first-order valence-electron chi connectivity index (χ1n) is 8.53. The lowest BCUT2D eigenvalue weighted by Gasteiger charge is -2.56. The third kappa shape index (κ3) is 3.54. The molecule has 1 atom stereocenters. The molecule has 0 radical (unpaired) electrons. The van der Waals surface area contributed by atoms with Crippen LogP contribution in [0.15, 0.2) is 24.3 Å². The van der Waals surface area contributed by atoms with Crippen LogP contribution < -0.4 is 15.4 Å². The summed E-state index contributed by atoms with van der Waals surface area (Å²) in [4.78, 5) is 11.4. The Morgan fingerprint density at radius 2 is 1.96 bits per heavy atom. The highest BCUT2D eigenvalue weighted by atomic mass is 19.1. The first kappa shape index (κ1) is 17.2. The van der Waals surface area contributed by atoms with E-state index in [2.05, 4.69) is 10.6 Å². The summed E-state index contributed by atoms with van der Waals surface area (Å²) in [6.07, 6.45) is 3.57. The van der Waals surface area contributed by atoms with E-state index in [9.17, 15) is 14.3 Å². The molecule has 0 saturated heterocycles. The summed E-state index contributed by atoms with van der Waals surface area (Å²) in [6, 6.07) is 5.95. The molecule has 0 spiro atoms. The number of fused-ring (bicyclic) bond motifs is 3. The van der Waals surface area contributed by atoms with Gasteiger partial charge in [0.15, 0.2) is 0 Å². The van der Waals surface area contributed by atoms with Gasteiger partial charge < -0.3 is 20.5 Å². The standard InChI is InChI=1S/C18H25FN2O3/c1-13(22)21-17-6-8-18(9-7-17,16(23)12-17)20-10-11-24-15-4-2-14(19)3-5-15/h2-5,16,20,23H,6-12H2,1H3,(H,21,22). The Balaban J connectivity index is 1.49. The van der Waals surface area contributed by atoms with E-state index in [-0.39, 0.29) is 22.8 Å². The SMILES string of the molecule is CC(=O)NC12CCC(NCCOc3ccc(F)cc3)(CC1)C(O)C2. The molecule has 2 bridgehead atoms. The van der Waals surface area contributed by atoms with Gasteiger partial charge in [0.25, 0.3) is 0 Å². The van der Waals surface area contributed by atoms with Crippen molar-refractivity contribution < 1.29 is 19.0 Å². The molecule has 24 heavy (non-hydrogen) atoms. The van der Waals surface area contributed by atoms with Crippen molar-refractivity contribution in [3.8, 4) is 5.75 Å². The van der Waals surface area contributed by atoms with E-state index in [1.54, 1.807) is 12.1 Å². The summed E-state index contributed by atoms with van der Waals surface area (Å²) in [7, 11) is 0. The Morgan fingerprint density at radius 3 is 2.54 bits per heavy atom. The van der Waals surface area contributed by atoms with Gasteiger partial charge in [-0.15, -0.1) is 0 Å². The maximum Gasteiger partial charge on any atom is 0.217 e. The summed E-state index contributed by atoms with van der Waals surface area (Å²) in [5.74, 6) is 0.319. The number of aliphatic hydroxyl groups is 1. The van der Waals surface area contributed by atoms with Crippen LogP contribution in [0.25, 0.3) is 0 Å². The number of benzene rings is 1. The number of carbonyl (C=O) groups is 1. The van der Waals surface area contributed by atoms with Crippen LogP contribution in [0.3, 0.4) is 0 Å². The lowest BCUT2D eigenvalue weighted by Crippen LogP contribution is -2.69. The molecule has 1 aromatic rings. The van der Waals surface area contributed by atoms with Crippen LogP contribution in [-0.2, 0) is 4.79 Å². The second-order valence-corrected chi connectivity index (χ2v) is 7.07. The van der Waals surface area contributed by atoms with Crippen molar-refractivity contribution in [2.45, 2.75) is 56.2 Å². The molecule has 3 N–H and O–H groups in total. The average molecular weight is 336 g/mol. The van der Waals surface area contributed by atoms with Gasteiger partial charge >= 0.3 is 0 Å². The van der Waals surface area contributed by atoms with E-state index in [4.69, 9.17) is 4.74 Å². The number of hydrogen-bond acceptors (Lipinski definition) is 4. The molecular weight excluding hydrogens is 311 g/mol. The minimum Gasteiger partial charge on any atom is -0.492 e. The average Bonchev–Trinajstić information content (AvgIpc) is 2.54. The molecule has 3 saturated carbocycles.